The molecule has 0 aliphatic carbocycles. The van der Waals surface area contributed by atoms with Crippen LogP contribution in [0, 0.1) is 17.1 Å². The smallest absolute Gasteiger partial charge is 0.270 e. The van der Waals surface area contributed by atoms with E-state index in [0.717, 1.165) is 0 Å². The third-order valence-electron chi connectivity index (χ3n) is 5.39. The third kappa shape index (κ3) is 3.69. The van der Waals surface area contributed by atoms with Crippen molar-refractivity contribution in [2.24, 2.45) is 7.05 Å². The zero-order valence-corrected chi connectivity index (χ0v) is 17.6. The zero-order chi connectivity index (χ0) is 21.4. The molecule has 0 unspecified atom stereocenters. The number of aryl methyl sites for hydroxylation is 1. The van der Waals surface area contributed by atoms with Crippen LogP contribution in [0.25, 0.3) is 11.0 Å². The molecule has 1 fully saturated rings. The number of hydrogen-bond acceptors (Lipinski definition) is 5. The second kappa shape index (κ2) is 8.13. The van der Waals surface area contributed by atoms with Crippen LogP contribution in [-0.4, -0.2) is 28.7 Å². The van der Waals surface area contributed by atoms with Crippen LogP contribution in [0.3, 0.4) is 0 Å². The number of nitriles is 1. The van der Waals surface area contributed by atoms with Crippen LogP contribution in [0.15, 0.2) is 35.1 Å². The van der Waals surface area contributed by atoms with Crippen LogP contribution in [-0.2, 0) is 7.05 Å². The van der Waals surface area contributed by atoms with Crippen LogP contribution in [0.2, 0.25) is 10.2 Å². The van der Waals surface area contributed by atoms with E-state index in [9.17, 15) is 14.4 Å². The van der Waals surface area contributed by atoms with Crippen LogP contribution < -0.4 is 15.8 Å². The van der Waals surface area contributed by atoms with Gasteiger partial charge in [0.25, 0.3) is 5.56 Å². The predicted octanol–water partition coefficient (Wildman–Crippen LogP) is 4.33. The minimum Gasteiger partial charge on any atom is -0.380 e. The minimum absolute atomic E-state index is 0.0509. The summed E-state index contributed by atoms with van der Waals surface area (Å²) in [5.41, 5.74) is 1.73. The predicted molar refractivity (Wildman–Crippen MR) is 117 cm³/mol. The Hall–Kier alpha value is -2.82. The Labute approximate surface area is 182 Å². The number of aromatic nitrogens is 2. The Morgan fingerprint density at radius 2 is 1.97 bits per heavy atom. The highest BCUT2D eigenvalue weighted by atomic mass is 35.5. The SMILES string of the molecule is Cn1c(=O)c(C#N)c(N2CCC(Nc3ccc(Cl)cc3F)CC2)c2nc(Cl)ccc21. The molecule has 0 atom stereocenters. The Bertz CT molecular complexity index is 1230. The van der Waals surface area contributed by atoms with Gasteiger partial charge in [-0.05, 0) is 43.2 Å². The zero-order valence-electron chi connectivity index (χ0n) is 16.1. The fourth-order valence-electron chi connectivity index (χ4n) is 3.85. The molecular weight excluding hydrogens is 428 g/mol. The molecule has 2 aromatic heterocycles. The average Bonchev–Trinajstić information content (AvgIpc) is 2.73. The summed E-state index contributed by atoms with van der Waals surface area (Å²) in [5.74, 6) is -0.395. The highest BCUT2D eigenvalue weighted by molar-refractivity contribution is 6.30. The Kier molecular flexibility index (Phi) is 5.54. The number of hydrogen-bond donors (Lipinski definition) is 1. The van der Waals surface area contributed by atoms with Gasteiger partial charge in [0.15, 0.2) is 0 Å². The molecule has 6 nitrogen and oxygen atoms in total. The van der Waals surface area contributed by atoms with E-state index in [1.54, 1.807) is 31.3 Å². The second-order valence-corrected chi connectivity index (χ2v) is 8.05. The van der Waals surface area contributed by atoms with Crippen molar-refractivity contribution in [3.05, 3.63) is 62.2 Å². The van der Waals surface area contributed by atoms with Gasteiger partial charge < -0.3 is 14.8 Å². The van der Waals surface area contributed by atoms with Gasteiger partial charge in [-0.25, -0.2) is 9.37 Å². The molecule has 1 aliphatic heterocycles. The molecule has 1 saturated heterocycles. The van der Waals surface area contributed by atoms with Crippen molar-refractivity contribution < 1.29 is 4.39 Å². The van der Waals surface area contributed by atoms with Crippen LogP contribution in [0.4, 0.5) is 15.8 Å². The van der Waals surface area contributed by atoms with Gasteiger partial charge >= 0.3 is 0 Å². The monoisotopic (exact) mass is 445 g/mol. The van der Waals surface area contributed by atoms with Gasteiger partial charge in [-0.2, -0.15) is 5.26 Å². The first-order chi connectivity index (χ1) is 14.4. The number of fused-ring (bicyclic) bond motifs is 1. The van der Waals surface area contributed by atoms with Crippen molar-refractivity contribution in [1.29, 1.82) is 5.26 Å². The average molecular weight is 446 g/mol. The number of pyridine rings is 2. The molecule has 0 spiro atoms. The summed E-state index contributed by atoms with van der Waals surface area (Å²) in [7, 11) is 1.61. The van der Waals surface area contributed by atoms with Gasteiger partial charge in [0, 0.05) is 31.2 Å². The van der Waals surface area contributed by atoms with E-state index in [0.29, 0.717) is 58.5 Å². The first kappa shape index (κ1) is 20.5. The van der Waals surface area contributed by atoms with Gasteiger partial charge in [0.05, 0.1) is 16.9 Å². The number of nitrogens with zero attached hydrogens (tertiary/aromatic N) is 4. The molecule has 1 aromatic carbocycles. The second-order valence-electron chi connectivity index (χ2n) is 7.23. The van der Waals surface area contributed by atoms with Crippen molar-refractivity contribution in [1.82, 2.24) is 9.55 Å². The van der Waals surface area contributed by atoms with Gasteiger partial charge in [-0.1, -0.05) is 23.2 Å². The molecular formula is C21H18Cl2FN5O. The fourth-order valence-corrected chi connectivity index (χ4v) is 4.16. The maximum atomic E-state index is 14.1. The van der Waals surface area contributed by atoms with E-state index in [2.05, 4.69) is 10.3 Å². The summed E-state index contributed by atoms with van der Waals surface area (Å²) in [6, 6.07) is 9.99. The van der Waals surface area contributed by atoms with Crippen LogP contribution >= 0.6 is 23.2 Å². The van der Waals surface area contributed by atoms with Crippen molar-refractivity contribution in [2.75, 3.05) is 23.3 Å². The highest BCUT2D eigenvalue weighted by Crippen LogP contribution is 2.31. The van der Waals surface area contributed by atoms with Crippen molar-refractivity contribution in [3.63, 3.8) is 0 Å². The lowest BCUT2D eigenvalue weighted by molar-refractivity contribution is 0.522. The molecule has 154 valence electrons. The first-order valence-electron chi connectivity index (χ1n) is 9.45. The van der Waals surface area contributed by atoms with E-state index in [4.69, 9.17) is 23.2 Å². The molecule has 9 heteroatoms. The Balaban J connectivity index is 1.63. The Morgan fingerprint density at radius 1 is 1.23 bits per heavy atom. The van der Waals surface area contributed by atoms with Gasteiger partial charge in [0.1, 0.15) is 28.1 Å². The summed E-state index contributed by atoms with van der Waals surface area (Å²) in [4.78, 5) is 19.1. The molecule has 0 saturated carbocycles. The number of benzene rings is 1. The summed E-state index contributed by atoms with van der Waals surface area (Å²) in [5, 5.41) is 13.5. The molecule has 1 aliphatic rings. The summed E-state index contributed by atoms with van der Waals surface area (Å²) < 4.78 is 15.5. The molecule has 1 N–H and O–H groups in total. The molecule has 30 heavy (non-hydrogen) atoms. The van der Waals surface area contributed by atoms with Gasteiger partial charge in [0.2, 0.25) is 0 Å². The van der Waals surface area contributed by atoms with E-state index in [1.165, 1.54) is 10.6 Å². The number of anilines is 2. The number of piperidine rings is 1. The quantitative estimate of drug-likeness (QED) is 0.607. The lowest BCUT2D eigenvalue weighted by Gasteiger charge is -2.35. The van der Waals surface area contributed by atoms with Crippen LogP contribution in [0.1, 0.15) is 18.4 Å². The fraction of sp³-hybridized carbons (Fsp3) is 0.286. The van der Waals surface area contributed by atoms with E-state index >= 15 is 0 Å². The first-order valence-corrected chi connectivity index (χ1v) is 10.2. The lowest BCUT2D eigenvalue weighted by Crippen LogP contribution is -2.40. The van der Waals surface area contributed by atoms with Crippen molar-refractivity contribution >= 4 is 45.6 Å². The summed E-state index contributed by atoms with van der Waals surface area (Å²) >= 11 is 11.9. The molecule has 0 radical (unpaired) electrons. The van der Waals surface area contributed by atoms with E-state index in [-0.39, 0.29) is 17.2 Å². The van der Waals surface area contributed by atoms with Gasteiger partial charge in [-0.15, -0.1) is 0 Å². The van der Waals surface area contributed by atoms with E-state index in [1.807, 2.05) is 11.0 Å². The maximum absolute atomic E-state index is 14.1. The summed E-state index contributed by atoms with van der Waals surface area (Å²) in [6.45, 7) is 1.16. The largest absolute Gasteiger partial charge is 0.380 e. The molecule has 3 aromatic rings. The lowest BCUT2D eigenvalue weighted by atomic mass is 10.0. The van der Waals surface area contributed by atoms with Crippen molar-refractivity contribution in [2.45, 2.75) is 18.9 Å². The maximum Gasteiger partial charge on any atom is 0.270 e. The van der Waals surface area contributed by atoms with Gasteiger partial charge in [-0.3, -0.25) is 4.79 Å². The van der Waals surface area contributed by atoms with E-state index < -0.39 is 5.82 Å². The summed E-state index contributed by atoms with van der Waals surface area (Å²) in [6.07, 6.45) is 1.40. The molecule has 4 rings (SSSR count). The topological polar surface area (TPSA) is 74.0 Å². The molecule has 0 bridgehead atoms. The molecule has 0 amide bonds. The van der Waals surface area contributed by atoms with Crippen molar-refractivity contribution in [3.8, 4) is 6.07 Å². The molecule has 3 heterocycles. The Morgan fingerprint density at radius 3 is 2.63 bits per heavy atom. The number of rotatable bonds is 3. The number of nitrogens with one attached hydrogen (secondary N) is 1. The highest BCUT2D eigenvalue weighted by Gasteiger charge is 2.26. The third-order valence-corrected chi connectivity index (χ3v) is 5.84. The number of halogens is 3. The van der Waals surface area contributed by atoms with Crippen LogP contribution in [0.5, 0.6) is 0 Å². The standard InChI is InChI=1S/C21H18Cl2FN5O/c1-28-17-4-5-18(23)27-19(17)20(14(11-25)21(28)30)29-8-6-13(7-9-29)26-16-3-2-12(22)10-15(16)24/h2-5,10,13,26H,6-9H2,1H3. The normalized spacial score (nSPS) is 14.7. The minimum atomic E-state index is -0.395.